The quantitative estimate of drug-likeness (QED) is 0.712. The molecule has 0 aromatic carbocycles. The number of rotatable bonds is 1. The van der Waals surface area contributed by atoms with Gasteiger partial charge in [0, 0.05) is 19.4 Å². The van der Waals surface area contributed by atoms with Crippen molar-refractivity contribution < 1.29 is 4.74 Å². The molecule has 0 bridgehead atoms. The lowest BCUT2D eigenvalue weighted by Crippen LogP contribution is -2.19. The van der Waals surface area contributed by atoms with E-state index < -0.39 is 0 Å². The first-order valence-electron chi connectivity index (χ1n) is 5.87. The van der Waals surface area contributed by atoms with Crippen molar-refractivity contribution in [2.75, 3.05) is 13.2 Å². The van der Waals surface area contributed by atoms with Gasteiger partial charge in [0.1, 0.15) is 0 Å². The molecule has 1 aliphatic heterocycles. The minimum Gasteiger partial charge on any atom is -0.381 e. The second-order valence-corrected chi connectivity index (χ2v) is 3.72. The Morgan fingerprint density at radius 3 is 2.33 bits per heavy atom. The highest BCUT2D eigenvalue weighted by atomic mass is 16.5. The van der Waals surface area contributed by atoms with E-state index in [-0.39, 0.29) is 0 Å². The van der Waals surface area contributed by atoms with Crippen molar-refractivity contribution in [2.45, 2.75) is 46.6 Å². The maximum Gasteiger partial charge on any atom is 0.0622 e. The van der Waals surface area contributed by atoms with Crippen molar-refractivity contribution >= 4 is 0 Å². The van der Waals surface area contributed by atoms with Crippen molar-refractivity contribution in [3.63, 3.8) is 0 Å². The van der Waals surface area contributed by atoms with Gasteiger partial charge in [0.15, 0.2) is 0 Å². The third-order valence-corrected chi connectivity index (χ3v) is 2.73. The summed E-state index contributed by atoms with van der Waals surface area (Å²) in [4.78, 5) is 0. The van der Waals surface area contributed by atoms with Gasteiger partial charge in [-0.2, -0.15) is 5.10 Å². The van der Waals surface area contributed by atoms with Crippen LogP contribution in [0.3, 0.4) is 0 Å². The van der Waals surface area contributed by atoms with Gasteiger partial charge in [0.05, 0.1) is 11.7 Å². The summed E-state index contributed by atoms with van der Waals surface area (Å²) in [5.74, 6) is 0. The molecule has 0 unspecified atom stereocenters. The molecule has 0 amide bonds. The SMILES string of the molecule is CC.Cc1cn(C2CCOCC2)nc1C. The molecule has 2 heterocycles. The molecule has 1 aliphatic rings. The van der Waals surface area contributed by atoms with Crippen LogP contribution in [0.15, 0.2) is 6.20 Å². The van der Waals surface area contributed by atoms with Crippen LogP contribution in [0.5, 0.6) is 0 Å². The average molecular weight is 210 g/mol. The highest BCUT2D eigenvalue weighted by molar-refractivity contribution is 5.12. The van der Waals surface area contributed by atoms with Crippen LogP contribution in [-0.2, 0) is 4.74 Å². The lowest BCUT2D eigenvalue weighted by molar-refractivity contribution is 0.0661. The summed E-state index contributed by atoms with van der Waals surface area (Å²) in [6.45, 7) is 9.93. The standard InChI is InChI=1S/C10H16N2O.C2H6/c1-8-7-12(11-9(8)2)10-3-5-13-6-4-10;1-2/h7,10H,3-6H2,1-2H3;1-2H3. The van der Waals surface area contributed by atoms with E-state index in [1.807, 2.05) is 13.8 Å². The normalized spacial score (nSPS) is 17.1. The zero-order valence-corrected chi connectivity index (χ0v) is 10.3. The van der Waals surface area contributed by atoms with Gasteiger partial charge in [0.25, 0.3) is 0 Å². The smallest absolute Gasteiger partial charge is 0.0622 e. The Hall–Kier alpha value is -0.830. The fraction of sp³-hybridized carbons (Fsp3) is 0.750. The minimum absolute atomic E-state index is 0.557. The zero-order valence-electron chi connectivity index (χ0n) is 10.3. The van der Waals surface area contributed by atoms with E-state index >= 15 is 0 Å². The Bertz CT molecular complexity index is 268. The van der Waals surface area contributed by atoms with E-state index in [9.17, 15) is 0 Å². The molecule has 3 nitrogen and oxygen atoms in total. The van der Waals surface area contributed by atoms with Crippen LogP contribution < -0.4 is 0 Å². The largest absolute Gasteiger partial charge is 0.381 e. The molecule has 1 aromatic rings. The monoisotopic (exact) mass is 210 g/mol. The maximum absolute atomic E-state index is 5.32. The van der Waals surface area contributed by atoms with E-state index in [2.05, 4.69) is 29.8 Å². The summed E-state index contributed by atoms with van der Waals surface area (Å²) in [5, 5.41) is 4.50. The van der Waals surface area contributed by atoms with Crippen LogP contribution in [0, 0.1) is 13.8 Å². The van der Waals surface area contributed by atoms with Gasteiger partial charge in [-0.25, -0.2) is 0 Å². The summed E-state index contributed by atoms with van der Waals surface area (Å²) in [5.41, 5.74) is 2.43. The van der Waals surface area contributed by atoms with E-state index in [1.165, 1.54) is 5.56 Å². The summed E-state index contributed by atoms with van der Waals surface area (Å²) in [6, 6.07) is 0.557. The van der Waals surface area contributed by atoms with Crippen LogP contribution in [0.4, 0.5) is 0 Å². The third-order valence-electron chi connectivity index (χ3n) is 2.73. The van der Waals surface area contributed by atoms with Gasteiger partial charge in [-0.15, -0.1) is 0 Å². The van der Waals surface area contributed by atoms with Gasteiger partial charge in [-0.3, -0.25) is 4.68 Å². The lowest BCUT2D eigenvalue weighted by atomic mass is 10.1. The van der Waals surface area contributed by atoms with E-state index in [1.54, 1.807) is 0 Å². The fourth-order valence-corrected chi connectivity index (χ4v) is 1.71. The topological polar surface area (TPSA) is 27.1 Å². The Labute approximate surface area is 92.4 Å². The Morgan fingerprint density at radius 1 is 1.27 bits per heavy atom. The number of ether oxygens (including phenoxy) is 1. The lowest BCUT2D eigenvalue weighted by Gasteiger charge is -2.22. The molecule has 1 fully saturated rings. The van der Waals surface area contributed by atoms with Crippen LogP contribution in [0.25, 0.3) is 0 Å². The van der Waals surface area contributed by atoms with Crippen molar-refractivity contribution in [3.05, 3.63) is 17.5 Å². The average Bonchev–Trinajstić information content (AvgIpc) is 2.63. The number of hydrogen-bond donors (Lipinski definition) is 0. The highest BCUT2D eigenvalue weighted by Crippen LogP contribution is 2.20. The molecule has 1 saturated heterocycles. The molecule has 0 N–H and O–H groups in total. The predicted molar refractivity (Wildman–Crippen MR) is 62.1 cm³/mol. The van der Waals surface area contributed by atoms with Gasteiger partial charge in [-0.05, 0) is 32.3 Å². The van der Waals surface area contributed by atoms with Gasteiger partial charge in [-0.1, -0.05) is 13.8 Å². The van der Waals surface area contributed by atoms with Gasteiger partial charge in [0.2, 0.25) is 0 Å². The Kier molecular flexibility index (Phi) is 4.82. The number of aryl methyl sites for hydroxylation is 2. The van der Waals surface area contributed by atoms with Crippen molar-refractivity contribution in [2.24, 2.45) is 0 Å². The predicted octanol–water partition coefficient (Wildman–Crippen LogP) is 2.88. The summed E-state index contributed by atoms with van der Waals surface area (Å²) in [6.07, 6.45) is 4.34. The minimum atomic E-state index is 0.557. The first-order chi connectivity index (χ1) is 7.27. The van der Waals surface area contributed by atoms with Crippen molar-refractivity contribution in [3.8, 4) is 0 Å². The van der Waals surface area contributed by atoms with Gasteiger partial charge >= 0.3 is 0 Å². The third kappa shape index (κ3) is 3.06. The molecule has 86 valence electrons. The molecule has 0 saturated carbocycles. The summed E-state index contributed by atoms with van der Waals surface area (Å²) >= 11 is 0. The molecule has 0 spiro atoms. The van der Waals surface area contributed by atoms with Crippen LogP contribution in [0.1, 0.15) is 44.0 Å². The first kappa shape index (κ1) is 12.2. The Morgan fingerprint density at radius 2 is 1.87 bits per heavy atom. The van der Waals surface area contributed by atoms with E-state index in [0.717, 1.165) is 31.7 Å². The first-order valence-corrected chi connectivity index (χ1v) is 5.87. The summed E-state index contributed by atoms with van der Waals surface area (Å²) in [7, 11) is 0. The summed E-state index contributed by atoms with van der Waals surface area (Å²) < 4.78 is 7.42. The number of aromatic nitrogens is 2. The second kappa shape index (κ2) is 5.91. The second-order valence-electron chi connectivity index (χ2n) is 3.72. The molecule has 15 heavy (non-hydrogen) atoms. The molecule has 0 radical (unpaired) electrons. The van der Waals surface area contributed by atoms with Crippen LogP contribution in [0.2, 0.25) is 0 Å². The van der Waals surface area contributed by atoms with E-state index in [0.29, 0.717) is 6.04 Å². The van der Waals surface area contributed by atoms with E-state index in [4.69, 9.17) is 4.74 Å². The van der Waals surface area contributed by atoms with Crippen molar-refractivity contribution in [1.82, 2.24) is 9.78 Å². The highest BCUT2D eigenvalue weighted by Gasteiger charge is 2.16. The Balaban J connectivity index is 0.000000531. The van der Waals surface area contributed by atoms with Gasteiger partial charge < -0.3 is 4.74 Å². The zero-order chi connectivity index (χ0) is 11.3. The van der Waals surface area contributed by atoms with Crippen molar-refractivity contribution in [1.29, 1.82) is 0 Å². The molecule has 3 heteroatoms. The number of hydrogen-bond acceptors (Lipinski definition) is 2. The molecule has 2 rings (SSSR count). The molecular formula is C12H22N2O. The molecule has 0 aliphatic carbocycles. The fourth-order valence-electron chi connectivity index (χ4n) is 1.71. The van der Waals surface area contributed by atoms with Crippen LogP contribution >= 0.6 is 0 Å². The molecule has 0 atom stereocenters. The van der Waals surface area contributed by atoms with Crippen LogP contribution in [-0.4, -0.2) is 23.0 Å². The molecule has 1 aromatic heterocycles. The number of nitrogens with zero attached hydrogens (tertiary/aromatic N) is 2. The maximum atomic E-state index is 5.32. The molecular weight excluding hydrogens is 188 g/mol.